The van der Waals surface area contributed by atoms with Crippen molar-refractivity contribution in [2.45, 2.75) is 32.7 Å². The number of ether oxygens (including phenoxy) is 1. The molecule has 0 saturated carbocycles. The zero-order chi connectivity index (χ0) is 28.9. The number of benzene rings is 2. The highest BCUT2D eigenvalue weighted by molar-refractivity contribution is 6.37. The van der Waals surface area contributed by atoms with Gasteiger partial charge in [-0.1, -0.05) is 73.2 Å². The summed E-state index contributed by atoms with van der Waals surface area (Å²) in [5, 5.41) is 11.9. The number of aliphatic carboxylic acids is 1. The molecule has 0 unspecified atom stereocenters. The van der Waals surface area contributed by atoms with Gasteiger partial charge in [-0.3, -0.25) is 9.59 Å². The third kappa shape index (κ3) is 9.14. The molecule has 2 N–H and O–H groups in total. The van der Waals surface area contributed by atoms with Crippen molar-refractivity contribution in [1.82, 2.24) is 14.9 Å². The van der Waals surface area contributed by atoms with Crippen molar-refractivity contribution in [2.75, 3.05) is 19.5 Å². The normalized spacial score (nSPS) is 12.1. The Morgan fingerprint density at radius 1 is 1.05 bits per heavy atom. The van der Waals surface area contributed by atoms with Gasteiger partial charge in [0, 0.05) is 36.2 Å². The molecule has 9 heteroatoms. The molecule has 2 aromatic carbocycles. The predicted molar refractivity (Wildman–Crippen MR) is 162 cm³/mol. The largest absolute Gasteiger partial charge is 0.494 e. The highest BCUT2D eigenvalue weighted by Gasteiger charge is 2.14. The first-order chi connectivity index (χ1) is 19.3. The van der Waals surface area contributed by atoms with Crippen LogP contribution in [0.3, 0.4) is 0 Å². The molecule has 7 nitrogen and oxygen atoms in total. The molecule has 40 heavy (non-hydrogen) atoms. The van der Waals surface area contributed by atoms with E-state index in [-0.39, 0.29) is 24.8 Å². The third-order valence-electron chi connectivity index (χ3n) is 5.92. The minimum Gasteiger partial charge on any atom is -0.494 e. The van der Waals surface area contributed by atoms with E-state index < -0.39 is 5.97 Å². The summed E-state index contributed by atoms with van der Waals surface area (Å²) in [6.45, 7) is 2.50. The molecule has 1 aromatic heterocycles. The molecule has 0 aliphatic rings. The van der Waals surface area contributed by atoms with Gasteiger partial charge >= 0.3 is 5.97 Å². The SMILES string of the molecule is CC/C=C(\C(Cl)=C/CCl)c1cn(CC(=O)NC)c(/C=C/c2ccc(-c3ccc(OCCCC(=O)O)cc3)cc2)n1. The van der Waals surface area contributed by atoms with Crippen molar-refractivity contribution in [2.24, 2.45) is 0 Å². The van der Waals surface area contributed by atoms with E-state index >= 15 is 0 Å². The number of alkyl halides is 1. The van der Waals surface area contributed by atoms with Crippen LogP contribution in [0.4, 0.5) is 0 Å². The molecule has 1 heterocycles. The van der Waals surface area contributed by atoms with Crippen molar-refractivity contribution in [3.8, 4) is 16.9 Å². The average Bonchev–Trinajstić information content (AvgIpc) is 3.35. The van der Waals surface area contributed by atoms with E-state index in [0.29, 0.717) is 35.3 Å². The lowest BCUT2D eigenvalue weighted by molar-refractivity contribution is -0.137. The molecule has 0 bridgehead atoms. The molecule has 0 fully saturated rings. The summed E-state index contributed by atoms with van der Waals surface area (Å²) >= 11 is 12.3. The number of rotatable bonds is 14. The Balaban J connectivity index is 1.77. The van der Waals surface area contributed by atoms with Crippen LogP contribution in [0.15, 0.2) is 71.9 Å². The van der Waals surface area contributed by atoms with E-state index in [0.717, 1.165) is 28.7 Å². The predicted octanol–water partition coefficient (Wildman–Crippen LogP) is 6.87. The first-order valence-corrected chi connectivity index (χ1v) is 13.9. The van der Waals surface area contributed by atoms with Crippen LogP contribution in [0.1, 0.15) is 43.3 Å². The molecule has 0 spiro atoms. The molecular weight excluding hydrogens is 549 g/mol. The van der Waals surface area contributed by atoms with Gasteiger partial charge in [0.2, 0.25) is 5.91 Å². The zero-order valence-electron chi connectivity index (χ0n) is 22.6. The van der Waals surface area contributed by atoms with Gasteiger partial charge in [0.25, 0.3) is 0 Å². The lowest BCUT2D eigenvalue weighted by Gasteiger charge is -2.07. The van der Waals surface area contributed by atoms with Crippen molar-refractivity contribution in [3.05, 3.63) is 89.0 Å². The number of carbonyl (C=O) groups excluding carboxylic acids is 1. The van der Waals surface area contributed by atoms with Gasteiger partial charge in [-0.15, -0.1) is 11.6 Å². The lowest BCUT2D eigenvalue weighted by atomic mass is 10.0. The van der Waals surface area contributed by atoms with E-state index in [1.54, 1.807) is 17.7 Å². The second-order valence-electron chi connectivity index (χ2n) is 8.84. The molecule has 0 aliphatic heterocycles. The fraction of sp³-hybridized carbons (Fsp3) is 0.258. The van der Waals surface area contributed by atoms with Gasteiger partial charge in [0.05, 0.1) is 12.3 Å². The van der Waals surface area contributed by atoms with Crippen LogP contribution >= 0.6 is 23.2 Å². The topological polar surface area (TPSA) is 93.5 Å². The van der Waals surface area contributed by atoms with Gasteiger partial charge in [-0.05, 0) is 47.7 Å². The minimum atomic E-state index is -0.824. The third-order valence-corrected chi connectivity index (χ3v) is 6.44. The van der Waals surface area contributed by atoms with Gasteiger partial charge in [-0.2, -0.15) is 0 Å². The van der Waals surface area contributed by atoms with Crippen LogP contribution in [-0.4, -0.2) is 46.1 Å². The van der Waals surface area contributed by atoms with Crippen molar-refractivity contribution >= 4 is 52.8 Å². The van der Waals surface area contributed by atoms with Crippen molar-refractivity contribution in [1.29, 1.82) is 0 Å². The van der Waals surface area contributed by atoms with Gasteiger partial charge in [0.15, 0.2) is 0 Å². The number of halogens is 2. The molecule has 1 amide bonds. The fourth-order valence-corrected chi connectivity index (χ4v) is 4.36. The van der Waals surface area contributed by atoms with Gasteiger partial charge < -0.3 is 19.7 Å². The Morgan fingerprint density at radius 2 is 1.73 bits per heavy atom. The first-order valence-electron chi connectivity index (χ1n) is 13.0. The van der Waals surface area contributed by atoms with E-state index in [4.69, 9.17) is 38.0 Å². The molecule has 0 aliphatic carbocycles. The standard InChI is InChI=1S/C31H33Cl2N3O4/c1-3-5-26(27(33)17-18-32)28-20-36(21-30(37)34-2)29(35-28)16-9-22-7-10-23(11-8-22)24-12-14-25(15-13-24)40-19-4-6-31(38)39/h5,7-17,20H,3-4,6,18-19,21H2,1-2H3,(H,34,37)(H,38,39)/b16-9+,26-5+,27-17+. The number of likely N-dealkylation sites (N-methyl/N-ethyl adjacent to an activating group) is 1. The number of nitrogens with zero attached hydrogens (tertiary/aromatic N) is 2. The summed E-state index contributed by atoms with van der Waals surface area (Å²) in [7, 11) is 1.60. The van der Waals surface area contributed by atoms with Crippen LogP contribution in [0.5, 0.6) is 5.75 Å². The van der Waals surface area contributed by atoms with Gasteiger partial charge in [0.1, 0.15) is 18.1 Å². The number of carboxylic acid groups (broad SMARTS) is 1. The first kappa shape index (κ1) is 30.7. The van der Waals surface area contributed by atoms with Crippen LogP contribution in [0.2, 0.25) is 0 Å². The molecule has 3 rings (SSSR count). The summed E-state index contributed by atoms with van der Waals surface area (Å²) in [5.74, 6) is 0.655. The highest BCUT2D eigenvalue weighted by atomic mass is 35.5. The molecule has 0 atom stereocenters. The van der Waals surface area contributed by atoms with E-state index in [1.165, 1.54) is 0 Å². The van der Waals surface area contributed by atoms with Crippen molar-refractivity contribution in [3.63, 3.8) is 0 Å². The fourth-order valence-electron chi connectivity index (χ4n) is 3.87. The maximum absolute atomic E-state index is 12.1. The number of imidazole rings is 1. The zero-order valence-corrected chi connectivity index (χ0v) is 24.1. The Labute approximate surface area is 244 Å². The summed E-state index contributed by atoms with van der Waals surface area (Å²) in [6, 6.07) is 15.8. The average molecular weight is 583 g/mol. The number of carboxylic acids is 1. The Kier molecular flexibility index (Phi) is 12.1. The second-order valence-corrected chi connectivity index (χ2v) is 9.56. The number of nitrogens with one attached hydrogen (secondary N) is 1. The molecule has 210 valence electrons. The minimum absolute atomic E-state index is 0.0905. The monoisotopic (exact) mass is 581 g/mol. The van der Waals surface area contributed by atoms with E-state index in [1.807, 2.05) is 79.9 Å². The number of aromatic nitrogens is 2. The molecule has 0 radical (unpaired) electrons. The van der Waals surface area contributed by atoms with E-state index in [2.05, 4.69) is 5.32 Å². The number of carbonyl (C=O) groups is 2. The maximum atomic E-state index is 12.1. The summed E-state index contributed by atoms with van der Waals surface area (Å²) in [6.07, 6.45) is 10.7. The molecular formula is C31H33Cl2N3O4. The number of amides is 1. The summed E-state index contributed by atoms with van der Waals surface area (Å²) in [4.78, 5) is 27.5. The van der Waals surface area contributed by atoms with Crippen LogP contribution in [-0.2, 0) is 16.1 Å². The quantitative estimate of drug-likeness (QED) is 0.123. The number of hydrogen-bond donors (Lipinski definition) is 2. The second kappa shape index (κ2) is 15.7. The number of hydrogen-bond acceptors (Lipinski definition) is 4. The van der Waals surface area contributed by atoms with E-state index in [9.17, 15) is 9.59 Å². The molecule has 0 saturated heterocycles. The smallest absolute Gasteiger partial charge is 0.303 e. The highest BCUT2D eigenvalue weighted by Crippen LogP contribution is 2.27. The molecule has 3 aromatic rings. The maximum Gasteiger partial charge on any atom is 0.303 e. The summed E-state index contributed by atoms with van der Waals surface area (Å²) in [5.41, 5.74) is 4.50. The Morgan fingerprint density at radius 3 is 2.33 bits per heavy atom. The van der Waals surface area contributed by atoms with Gasteiger partial charge in [-0.25, -0.2) is 4.98 Å². The van der Waals surface area contributed by atoms with Crippen LogP contribution in [0.25, 0.3) is 28.9 Å². The van der Waals surface area contributed by atoms with Crippen LogP contribution in [0, 0.1) is 0 Å². The summed E-state index contributed by atoms with van der Waals surface area (Å²) < 4.78 is 7.40. The lowest BCUT2D eigenvalue weighted by Crippen LogP contribution is -2.23. The number of allylic oxidation sites excluding steroid dienone is 4. The Bertz CT molecular complexity index is 1370. The van der Waals surface area contributed by atoms with Crippen LogP contribution < -0.4 is 10.1 Å². The Hall–Kier alpha value is -3.81. The van der Waals surface area contributed by atoms with Crippen molar-refractivity contribution < 1.29 is 19.4 Å².